The second-order valence-electron chi connectivity index (χ2n) is 8.17. The number of aromatic amines is 1. The third kappa shape index (κ3) is 3.66. The van der Waals surface area contributed by atoms with Crippen molar-refractivity contribution in [3.63, 3.8) is 0 Å². The summed E-state index contributed by atoms with van der Waals surface area (Å²) in [5.41, 5.74) is 5.60. The van der Waals surface area contributed by atoms with Gasteiger partial charge in [0.25, 0.3) is 5.56 Å². The van der Waals surface area contributed by atoms with Crippen LogP contribution in [0.1, 0.15) is 60.8 Å². The number of rotatable bonds is 6. The van der Waals surface area contributed by atoms with Gasteiger partial charge in [-0.1, -0.05) is 6.92 Å². The first kappa shape index (κ1) is 20.4. The fourth-order valence-corrected chi connectivity index (χ4v) is 4.44. The smallest absolute Gasteiger partial charge is 0.272 e. The number of nitrogens with one attached hydrogen (secondary N) is 1. The van der Waals surface area contributed by atoms with Crippen LogP contribution < -0.4 is 5.56 Å². The van der Waals surface area contributed by atoms with Crippen LogP contribution in [0.2, 0.25) is 0 Å². The van der Waals surface area contributed by atoms with E-state index in [1.165, 1.54) is 4.52 Å². The number of likely N-dealkylation sites (tertiary alicyclic amines) is 1. The number of aryl methyl sites for hydroxylation is 5. The van der Waals surface area contributed by atoms with Crippen LogP contribution in [0.15, 0.2) is 17.1 Å². The average Bonchev–Trinajstić information content (AvgIpc) is 3.43. The summed E-state index contributed by atoms with van der Waals surface area (Å²) in [6, 6.07) is 1.61. The lowest BCUT2D eigenvalue weighted by Crippen LogP contribution is -2.29. The molecule has 1 amide bonds. The van der Waals surface area contributed by atoms with Gasteiger partial charge in [0, 0.05) is 55.5 Å². The van der Waals surface area contributed by atoms with Crippen molar-refractivity contribution < 1.29 is 4.79 Å². The van der Waals surface area contributed by atoms with Gasteiger partial charge in [0.1, 0.15) is 0 Å². The molecule has 3 aromatic rings. The molecule has 0 radical (unpaired) electrons. The Morgan fingerprint density at radius 1 is 1.30 bits per heavy atom. The zero-order valence-corrected chi connectivity index (χ0v) is 18.2. The van der Waals surface area contributed by atoms with Crippen LogP contribution in [0, 0.1) is 13.8 Å². The standard InChI is InChI=1S/C22H30N6O2/c1-5-18-15(4)25-28-21(30)11-19(23-22(18)28)17-9-10-26(12-17)20(29)8-7-16-13-27(6-2)24-14(16)3/h11,13,17,25H,5-10,12H2,1-4H3. The second-order valence-corrected chi connectivity index (χ2v) is 8.17. The van der Waals surface area contributed by atoms with Gasteiger partial charge < -0.3 is 4.90 Å². The highest BCUT2D eigenvalue weighted by Crippen LogP contribution is 2.27. The number of nitrogens with zero attached hydrogens (tertiary/aromatic N) is 5. The molecule has 8 heteroatoms. The van der Waals surface area contributed by atoms with Crippen molar-refractivity contribution in [2.45, 2.75) is 65.8 Å². The number of H-pyrrole nitrogens is 1. The van der Waals surface area contributed by atoms with Crippen LogP contribution in [0.5, 0.6) is 0 Å². The molecule has 3 aromatic heterocycles. The Bertz CT molecular complexity index is 1140. The molecular formula is C22H30N6O2. The van der Waals surface area contributed by atoms with Crippen molar-refractivity contribution in [3.05, 3.63) is 50.8 Å². The summed E-state index contributed by atoms with van der Waals surface area (Å²) in [4.78, 5) is 32.1. The van der Waals surface area contributed by atoms with E-state index in [0.717, 1.165) is 47.6 Å². The number of carbonyl (C=O) groups excluding carboxylic acids is 1. The molecule has 8 nitrogen and oxygen atoms in total. The van der Waals surface area contributed by atoms with Crippen molar-refractivity contribution in [1.82, 2.24) is 29.3 Å². The zero-order chi connectivity index (χ0) is 21.4. The number of amides is 1. The molecule has 0 saturated carbocycles. The molecule has 1 saturated heterocycles. The number of hydrogen-bond acceptors (Lipinski definition) is 4. The molecule has 0 spiro atoms. The number of carbonyl (C=O) groups is 1. The molecule has 0 aromatic carbocycles. The molecule has 1 aliphatic rings. The van der Waals surface area contributed by atoms with Crippen molar-refractivity contribution >= 4 is 11.6 Å². The lowest BCUT2D eigenvalue weighted by Gasteiger charge is -2.16. The maximum absolute atomic E-state index is 12.8. The molecule has 1 fully saturated rings. The van der Waals surface area contributed by atoms with Crippen LogP contribution in [0.25, 0.3) is 5.65 Å². The van der Waals surface area contributed by atoms with E-state index in [2.05, 4.69) is 24.0 Å². The quantitative estimate of drug-likeness (QED) is 0.676. The van der Waals surface area contributed by atoms with E-state index in [0.29, 0.717) is 31.6 Å². The maximum atomic E-state index is 12.8. The summed E-state index contributed by atoms with van der Waals surface area (Å²) in [6.07, 6.45) is 4.88. The Morgan fingerprint density at radius 2 is 2.10 bits per heavy atom. The first-order chi connectivity index (χ1) is 14.4. The summed E-state index contributed by atoms with van der Waals surface area (Å²) in [5, 5.41) is 7.56. The SMILES string of the molecule is CCc1c(C)[nH]n2c(=O)cc(C3CCN(C(=O)CCc4cn(CC)nc4C)C3)nc12. The Balaban J connectivity index is 1.45. The third-order valence-electron chi connectivity index (χ3n) is 6.23. The minimum absolute atomic E-state index is 0.0917. The van der Waals surface area contributed by atoms with Gasteiger partial charge in [-0.05, 0) is 45.6 Å². The molecule has 1 atom stereocenters. The Hall–Kier alpha value is -2.90. The van der Waals surface area contributed by atoms with E-state index < -0.39 is 0 Å². The fourth-order valence-electron chi connectivity index (χ4n) is 4.44. The zero-order valence-electron chi connectivity index (χ0n) is 18.2. The molecule has 4 heterocycles. The molecule has 1 unspecified atom stereocenters. The molecule has 0 bridgehead atoms. The van der Waals surface area contributed by atoms with Gasteiger partial charge in [0.05, 0.1) is 11.4 Å². The van der Waals surface area contributed by atoms with Gasteiger partial charge in [0.2, 0.25) is 5.91 Å². The van der Waals surface area contributed by atoms with Crippen molar-refractivity contribution in [2.75, 3.05) is 13.1 Å². The van der Waals surface area contributed by atoms with Gasteiger partial charge in [-0.15, -0.1) is 0 Å². The average molecular weight is 411 g/mol. The van der Waals surface area contributed by atoms with Gasteiger partial charge >= 0.3 is 0 Å². The normalized spacial score (nSPS) is 16.7. The van der Waals surface area contributed by atoms with Gasteiger partial charge in [-0.25, -0.2) is 9.50 Å². The summed E-state index contributed by atoms with van der Waals surface area (Å²) in [6.45, 7) is 10.3. The lowest BCUT2D eigenvalue weighted by molar-refractivity contribution is -0.130. The van der Waals surface area contributed by atoms with Crippen LogP contribution in [-0.2, 0) is 24.2 Å². The molecule has 30 heavy (non-hydrogen) atoms. The molecule has 160 valence electrons. The number of hydrogen-bond donors (Lipinski definition) is 1. The first-order valence-corrected chi connectivity index (χ1v) is 10.8. The summed E-state index contributed by atoms with van der Waals surface area (Å²) in [7, 11) is 0. The molecular weight excluding hydrogens is 380 g/mol. The predicted molar refractivity (Wildman–Crippen MR) is 115 cm³/mol. The van der Waals surface area contributed by atoms with Crippen molar-refractivity contribution in [3.8, 4) is 0 Å². The highest BCUT2D eigenvalue weighted by molar-refractivity contribution is 5.77. The van der Waals surface area contributed by atoms with E-state index >= 15 is 0 Å². The topological polar surface area (TPSA) is 88.3 Å². The fraction of sp³-hybridized carbons (Fsp3) is 0.545. The number of aromatic nitrogens is 5. The van der Waals surface area contributed by atoms with Crippen LogP contribution >= 0.6 is 0 Å². The molecule has 1 aliphatic heterocycles. The Morgan fingerprint density at radius 3 is 2.80 bits per heavy atom. The van der Waals surface area contributed by atoms with Gasteiger partial charge in [-0.3, -0.25) is 19.4 Å². The van der Waals surface area contributed by atoms with Crippen molar-refractivity contribution in [1.29, 1.82) is 0 Å². The third-order valence-corrected chi connectivity index (χ3v) is 6.23. The second kappa shape index (κ2) is 8.08. The summed E-state index contributed by atoms with van der Waals surface area (Å²) < 4.78 is 3.43. The minimum Gasteiger partial charge on any atom is -0.342 e. The lowest BCUT2D eigenvalue weighted by atomic mass is 10.0. The summed E-state index contributed by atoms with van der Waals surface area (Å²) in [5.74, 6) is 0.266. The Labute approximate surface area is 175 Å². The molecule has 0 aliphatic carbocycles. The van der Waals surface area contributed by atoms with Crippen molar-refractivity contribution in [2.24, 2.45) is 0 Å². The highest BCUT2D eigenvalue weighted by atomic mass is 16.2. The first-order valence-electron chi connectivity index (χ1n) is 10.8. The van der Waals surface area contributed by atoms with Crippen LogP contribution in [0.4, 0.5) is 0 Å². The maximum Gasteiger partial charge on any atom is 0.272 e. The van der Waals surface area contributed by atoms with E-state index in [1.807, 2.05) is 29.6 Å². The molecule has 1 N–H and O–H groups in total. The van der Waals surface area contributed by atoms with Crippen LogP contribution in [0.3, 0.4) is 0 Å². The summed E-state index contributed by atoms with van der Waals surface area (Å²) >= 11 is 0. The molecule has 4 rings (SSSR count). The van der Waals surface area contributed by atoms with E-state index in [1.54, 1.807) is 6.07 Å². The van der Waals surface area contributed by atoms with Gasteiger partial charge in [0.15, 0.2) is 5.65 Å². The van der Waals surface area contributed by atoms with E-state index in [9.17, 15) is 9.59 Å². The predicted octanol–water partition coefficient (Wildman–Crippen LogP) is 2.37. The monoisotopic (exact) mass is 410 g/mol. The highest BCUT2D eigenvalue weighted by Gasteiger charge is 2.29. The van der Waals surface area contributed by atoms with E-state index in [-0.39, 0.29) is 17.4 Å². The van der Waals surface area contributed by atoms with Crippen LogP contribution in [-0.4, -0.2) is 48.3 Å². The van der Waals surface area contributed by atoms with Gasteiger partial charge in [-0.2, -0.15) is 5.10 Å². The number of fused-ring (bicyclic) bond motifs is 1. The largest absolute Gasteiger partial charge is 0.342 e. The minimum atomic E-state index is -0.0917. The Kier molecular flexibility index (Phi) is 5.49. The van der Waals surface area contributed by atoms with E-state index in [4.69, 9.17) is 4.98 Å².